The van der Waals surface area contributed by atoms with Crippen LogP contribution < -0.4 is 0 Å². The lowest BCUT2D eigenvalue weighted by Crippen LogP contribution is -2.06. The number of pyridine rings is 1. The fraction of sp³-hybridized carbons (Fsp3) is 0.0909. The summed E-state index contributed by atoms with van der Waals surface area (Å²) in [5.41, 5.74) is 24.5. The molecule has 3 heterocycles. The summed E-state index contributed by atoms with van der Waals surface area (Å²) >= 11 is 0. The van der Waals surface area contributed by atoms with Crippen molar-refractivity contribution in [2.24, 2.45) is 0 Å². The quantitative estimate of drug-likeness (QED) is 0.160. The Hall–Kier alpha value is -8.78. The van der Waals surface area contributed by atoms with Crippen LogP contribution in [0.15, 0.2) is 194 Å². The summed E-state index contributed by atoms with van der Waals surface area (Å²) in [7, 11) is 0. The van der Waals surface area contributed by atoms with E-state index in [9.17, 15) is 5.26 Å². The molecule has 0 saturated heterocycles. The van der Waals surface area contributed by atoms with Crippen molar-refractivity contribution in [1.82, 2.24) is 14.1 Å². The van der Waals surface area contributed by atoms with Crippen molar-refractivity contribution in [3.63, 3.8) is 0 Å². The molecule has 0 spiro atoms. The third-order valence-electron chi connectivity index (χ3n) is 14.0. The fourth-order valence-electron chi connectivity index (χ4n) is 10.9. The van der Waals surface area contributed by atoms with Crippen molar-refractivity contribution in [1.29, 1.82) is 5.26 Å². The molecule has 70 heavy (non-hydrogen) atoms. The lowest BCUT2D eigenvalue weighted by Gasteiger charge is -2.22. The third kappa shape index (κ3) is 7.35. The molecule has 0 fully saturated rings. The minimum atomic E-state index is 0.565. The highest BCUT2D eigenvalue weighted by molar-refractivity contribution is 6.14. The number of benzene rings is 9. The van der Waals surface area contributed by atoms with Crippen molar-refractivity contribution in [2.45, 2.75) is 41.5 Å². The van der Waals surface area contributed by atoms with Gasteiger partial charge in [-0.3, -0.25) is 4.98 Å². The zero-order valence-corrected chi connectivity index (χ0v) is 40.3. The number of fused-ring (bicyclic) bond motifs is 6. The van der Waals surface area contributed by atoms with Gasteiger partial charge in [-0.15, -0.1) is 0 Å². The van der Waals surface area contributed by atoms with Gasteiger partial charge in [-0.05, 0) is 140 Å². The molecule has 0 aliphatic carbocycles. The Kier molecular flexibility index (Phi) is 10.2. The lowest BCUT2D eigenvalue weighted by molar-refractivity contribution is 1.11. The van der Waals surface area contributed by atoms with Crippen LogP contribution in [-0.2, 0) is 0 Å². The van der Waals surface area contributed by atoms with Gasteiger partial charge < -0.3 is 9.13 Å². The van der Waals surface area contributed by atoms with Crippen molar-refractivity contribution in [3.05, 3.63) is 233 Å². The summed E-state index contributed by atoms with van der Waals surface area (Å²) in [6.07, 6.45) is 0. The smallest absolute Gasteiger partial charge is 0.0993 e. The third-order valence-corrected chi connectivity index (χ3v) is 14.0. The first-order valence-electron chi connectivity index (χ1n) is 24.1. The van der Waals surface area contributed by atoms with E-state index in [-0.39, 0.29) is 0 Å². The number of aryl methyl sites for hydroxylation is 6. The van der Waals surface area contributed by atoms with Gasteiger partial charge in [0.05, 0.1) is 45.1 Å². The predicted molar refractivity (Wildman–Crippen MR) is 293 cm³/mol. The van der Waals surface area contributed by atoms with Gasteiger partial charge in [0.25, 0.3) is 0 Å². The summed E-state index contributed by atoms with van der Waals surface area (Å²) in [5, 5.41) is 15.8. The fourth-order valence-corrected chi connectivity index (χ4v) is 10.9. The minimum Gasteiger partial charge on any atom is -0.308 e. The molecule has 334 valence electrons. The van der Waals surface area contributed by atoms with E-state index in [1.165, 1.54) is 22.3 Å². The molecule has 4 heteroatoms. The molecule has 12 rings (SSSR count). The molecule has 0 atom stereocenters. The molecular formula is C66H50N4. The second-order valence-electron chi connectivity index (χ2n) is 19.2. The Labute approximate surface area is 409 Å². The molecule has 9 aromatic carbocycles. The Morgan fingerprint density at radius 2 is 0.629 bits per heavy atom. The number of nitrogens with zero attached hydrogens (tertiary/aromatic N) is 4. The maximum Gasteiger partial charge on any atom is 0.0993 e. The average Bonchev–Trinajstić information content (AvgIpc) is 3.86. The largest absolute Gasteiger partial charge is 0.308 e. The van der Waals surface area contributed by atoms with E-state index in [4.69, 9.17) is 4.98 Å². The van der Waals surface area contributed by atoms with Gasteiger partial charge in [-0.1, -0.05) is 168 Å². The van der Waals surface area contributed by atoms with Gasteiger partial charge in [-0.25, -0.2) is 0 Å². The SMILES string of the molecule is Cc1cccc(-c2ccc3c4ccc(-c5cccc(C)c5)cc4n(-c4cc(C#N)cc(-n5c6cc(-c7cccc(C)c7)ccc6c6ccc(-c7cccc(C)c7)cc65)c4-c4cc(C)nc(C)c4)c3c2)c1. The van der Waals surface area contributed by atoms with E-state index in [1.54, 1.807) is 0 Å². The summed E-state index contributed by atoms with van der Waals surface area (Å²) < 4.78 is 4.86. The Morgan fingerprint density at radius 1 is 0.329 bits per heavy atom. The van der Waals surface area contributed by atoms with Crippen molar-refractivity contribution < 1.29 is 0 Å². The van der Waals surface area contributed by atoms with Gasteiger partial charge in [0.2, 0.25) is 0 Å². The second kappa shape index (κ2) is 16.8. The summed E-state index contributed by atoms with van der Waals surface area (Å²) in [5.74, 6) is 0. The topological polar surface area (TPSA) is 46.5 Å². The van der Waals surface area contributed by atoms with Crippen molar-refractivity contribution in [3.8, 4) is 73.1 Å². The highest BCUT2D eigenvalue weighted by atomic mass is 15.0. The first kappa shape index (κ1) is 42.6. The number of hydrogen-bond acceptors (Lipinski definition) is 2. The van der Waals surface area contributed by atoms with Crippen molar-refractivity contribution in [2.75, 3.05) is 0 Å². The van der Waals surface area contributed by atoms with Gasteiger partial charge in [0.15, 0.2) is 0 Å². The molecule has 4 nitrogen and oxygen atoms in total. The maximum absolute atomic E-state index is 11.3. The number of nitriles is 1. The summed E-state index contributed by atoms with van der Waals surface area (Å²) in [6, 6.07) is 73.6. The van der Waals surface area contributed by atoms with E-state index >= 15 is 0 Å². The van der Waals surface area contributed by atoms with E-state index < -0.39 is 0 Å². The number of rotatable bonds is 7. The monoisotopic (exact) mass is 898 g/mol. The number of hydrogen-bond donors (Lipinski definition) is 0. The molecule has 0 saturated carbocycles. The zero-order valence-electron chi connectivity index (χ0n) is 40.3. The van der Waals surface area contributed by atoms with Crippen LogP contribution in [0, 0.1) is 52.9 Å². The van der Waals surface area contributed by atoms with Gasteiger partial charge in [-0.2, -0.15) is 5.26 Å². The first-order valence-corrected chi connectivity index (χ1v) is 24.1. The van der Waals surface area contributed by atoms with E-state index in [1.807, 2.05) is 0 Å². The average molecular weight is 899 g/mol. The van der Waals surface area contributed by atoms with E-state index in [0.717, 1.165) is 122 Å². The molecule has 0 bridgehead atoms. The van der Waals surface area contributed by atoms with Crippen LogP contribution in [0.25, 0.3) is 111 Å². The molecule has 3 aromatic heterocycles. The Morgan fingerprint density at radius 3 is 0.914 bits per heavy atom. The molecule has 0 aliphatic heterocycles. The second-order valence-corrected chi connectivity index (χ2v) is 19.2. The highest BCUT2D eigenvalue weighted by Crippen LogP contribution is 2.45. The lowest BCUT2D eigenvalue weighted by atomic mass is 9.97. The molecule has 0 amide bonds. The molecule has 12 aromatic rings. The minimum absolute atomic E-state index is 0.565. The Balaban J connectivity index is 1.26. The predicted octanol–water partition coefficient (Wildman–Crippen LogP) is 17.3. The molecule has 0 N–H and O–H groups in total. The van der Waals surface area contributed by atoms with Crippen LogP contribution >= 0.6 is 0 Å². The van der Waals surface area contributed by atoms with Crippen LogP contribution in [0.4, 0.5) is 0 Å². The van der Waals surface area contributed by atoms with Gasteiger partial charge >= 0.3 is 0 Å². The molecule has 0 aliphatic rings. The maximum atomic E-state index is 11.3. The van der Waals surface area contributed by atoms with Crippen LogP contribution in [0.5, 0.6) is 0 Å². The highest BCUT2D eigenvalue weighted by Gasteiger charge is 2.25. The van der Waals surface area contributed by atoms with Gasteiger partial charge in [0, 0.05) is 38.5 Å². The van der Waals surface area contributed by atoms with Gasteiger partial charge in [0.1, 0.15) is 0 Å². The van der Waals surface area contributed by atoms with Crippen molar-refractivity contribution >= 4 is 43.6 Å². The van der Waals surface area contributed by atoms with E-state index in [2.05, 4.69) is 251 Å². The summed E-state index contributed by atoms with van der Waals surface area (Å²) in [6.45, 7) is 12.7. The number of aromatic nitrogens is 3. The van der Waals surface area contributed by atoms with E-state index in [0.29, 0.717) is 5.56 Å². The molecule has 0 radical (unpaired) electrons. The molecule has 0 unspecified atom stereocenters. The first-order chi connectivity index (χ1) is 34.1. The summed E-state index contributed by atoms with van der Waals surface area (Å²) in [4.78, 5) is 4.92. The normalized spacial score (nSPS) is 11.6. The molecular weight excluding hydrogens is 849 g/mol. The standard InChI is InChI=1S/C66H50N4/c1-40-11-7-15-47(27-40)51-19-23-56-57-24-20-52(48-16-8-12-41(2)28-48)36-61(57)69(60(56)35-51)64-33-46(39-67)34-65(66(64)55-31-44(5)68-45(6)32-55)70-62-37-53(49-17-9-13-42(3)29-49)21-25-58(62)59-26-22-54(38-63(59)70)50-18-10-14-43(4)30-50/h7-38H,1-6H3. The van der Waals surface area contributed by atoms with Crippen LogP contribution in [0.1, 0.15) is 39.2 Å². The van der Waals surface area contributed by atoms with Crippen LogP contribution in [0.2, 0.25) is 0 Å². The Bertz CT molecular complexity index is 3690. The zero-order chi connectivity index (χ0) is 47.8. The van der Waals surface area contributed by atoms with Crippen LogP contribution in [-0.4, -0.2) is 14.1 Å². The van der Waals surface area contributed by atoms with Crippen LogP contribution in [0.3, 0.4) is 0 Å².